The van der Waals surface area contributed by atoms with Crippen molar-refractivity contribution in [2.45, 2.75) is 58.2 Å². The zero-order valence-electron chi connectivity index (χ0n) is 9.84. The lowest BCUT2D eigenvalue weighted by Crippen LogP contribution is -2.32. The Kier molecular flexibility index (Phi) is 5.64. The molecule has 86 valence electrons. The van der Waals surface area contributed by atoms with Crippen LogP contribution in [0.5, 0.6) is 0 Å². The molecule has 0 saturated heterocycles. The monoisotopic (exact) mass is 204 g/mol. The van der Waals surface area contributed by atoms with Crippen LogP contribution < -0.4 is 0 Å². The zero-order valence-corrected chi connectivity index (χ0v) is 9.84. The van der Waals surface area contributed by atoms with Gasteiger partial charge in [0.15, 0.2) is 0 Å². The third kappa shape index (κ3) is 6.35. The molecule has 0 aromatic rings. The minimum Gasteiger partial charge on any atom is -0.396 e. The fraction of sp³-hybridized carbons (Fsp3) is 1.00. The highest BCUT2D eigenvalue weighted by Crippen LogP contribution is 2.20. The first kappa shape index (κ1) is 13.9. The van der Waals surface area contributed by atoms with E-state index in [1.165, 1.54) is 0 Å². The van der Waals surface area contributed by atoms with Gasteiger partial charge in [0.1, 0.15) is 0 Å². The van der Waals surface area contributed by atoms with E-state index in [1.54, 1.807) is 13.8 Å². The molecule has 0 spiro atoms. The fourth-order valence-electron chi connectivity index (χ4n) is 1.13. The summed E-state index contributed by atoms with van der Waals surface area (Å²) in [5, 5.41) is 18.4. The van der Waals surface area contributed by atoms with Crippen molar-refractivity contribution in [2.75, 3.05) is 13.2 Å². The molecule has 0 aliphatic carbocycles. The molecule has 0 aromatic heterocycles. The van der Waals surface area contributed by atoms with Gasteiger partial charge in [-0.3, -0.25) is 0 Å². The summed E-state index contributed by atoms with van der Waals surface area (Å²) < 4.78 is 5.68. The molecule has 2 N–H and O–H groups in total. The van der Waals surface area contributed by atoms with Gasteiger partial charge in [-0.15, -0.1) is 0 Å². The van der Waals surface area contributed by atoms with E-state index in [0.29, 0.717) is 19.4 Å². The molecule has 0 radical (unpaired) electrons. The third-order valence-electron chi connectivity index (χ3n) is 2.55. The van der Waals surface area contributed by atoms with Gasteiger partial charge in [0, 0.05) is 6.61 Å². The molecule has 0 aromatic carbocycles. The van der Waals surface area contributed by atoms with Crippen molar-refractivity contribution in [2.24, 2.45) is 0 Å². The lowest BCUT2D eigenvalue weighted by atomic mass is 9.99. The normalized spacial score (nSPS) is 16.7. The van der Waals surface area contributed by atoms with Gasteiger partial charge in [-0.25, -0.2) is 0 Å². The molecule has 0 fully saturated rings. The molecule has 1 unspecified atom stereocenters. The summed E-state index contributed by atoms with van der Waals surface area (Å²) in [6.45, 7) is 8.26. The Balaban J connectivity index is 3.84. The quantitative estimate of drug-likeness (QED) is 0.664. The Morgan fingerprint density at radius 1 is 1.14 bits per heavy atom. The molecule has 0 bridgehead atoms. The number of hydrogen-bond donors (Lipinski definition) is 2. The number of aliphatic hydroxyl groups excluding tert-OH is 1. The number of aliphatic hydroxyl groups is 2. The first-order valence-corrected chi connectivity index (χ1v) is 5.30. The molecule has 0 amide bonds. The summed E-state index contributed by atoms with van der Waals surface area (Å²) in [7, 11) is 0. The van der Waals surface area contributed by atoms with Crippen LogP contribution in [0.3, 0.4) is 0 Å². The second-order valence-corrected chi connectivity index (χ2v) is 4.69. The smallest absolute Gasteiger partial charge is 0.0673 e. The largest absolute Gasteiger partial charge is 0.396 e. The average molecular weight is 204 g/mol. The van der Waals surface area contributed by atoms with Crippen LogP contribution in [0.25, 0.3) is 0 Å². The van der Waals surface area contributed by atoms with Crippen LogP contribution in [0.1, 0.15) is 47.0 Å². The average Bonchev–Trinajstić information content (AvgIpc) is 2.02. The minimum atomic E-state index is -0.673. The molecule has 0 aliphatic rings. The summed E-state index contributed by atoms with van der Waals surface area (Å²) in [6, 6.07) is 0. The van der Waals surface area contributed by atoms with Crippen molar-refractivity contribution in [1.82, 2.24) is 0 Å². The maximum absolute atomic E-state index is 9.49. The SMILES string of the molecule is CCC(C)(CCO)OCCC(C)(C)O. The van der Waals surface area contributed by atoms with Crippen molar-refractivity contribution in [3.8, 4) is 0 Å². The molecule has 3 nitrogen and oxygen atoms in total. The molecule has 0 rings (SSSR count). The van der Waals surface area contributed by atoms with E-state index in [-0.39, 0.29) is 12.2 Å². The van der Waals surface area contributed by atoms with Gasteiger partial charge in [0.2, 0.25) is 0 Å². The third-order valence-corrected chi connectivity index (χ3v) is 2.55. The van der Waals surface area contributed by atoms with E-state index in [4.69, 9.17) is 9.84 Å². The lowest BCUT2D eigenvalue weighted by molar-refractivity contribution is -0.0688. The highest BCUT2D eigenvalue weighted by Gasteiger charge is 2.23. The van der Waals surface area contributed by atoms with E-state index in [0.717, 1.165) is 6.42 Å². The van der Waals surface area contributed by atoms with Gasteiger partial charge in [0.25, 0.3) is 0 Å². The van der Waals surface area contributed by atoms with Crippen LogP contribution in [0.15, 0.2) is 0 Å². The van der Waals surface area contributed by atoms with Gasteiger partial charge in [-0.1, -0.05) is 6.92 Å². The molecule has 0 aliphatic heterocycles. The van der Waals surface area contributed by atoms with Gasteiger partial charge in [-0.2, -0.15) is 0 Å². The molecule has 14 heavy (non-hydrogen) atoms. The van der Waals surface area contributed by atoms with Crippen LogP contribution in [-0.4, -0.2) is 34.6 Å². The predicted octanol–water partition coefficient (Wildman–Crippen LogP) is 1.72. The van der Waals surface area contributed by atoms with Crippen molar-refractivity contribution in [3.63, 3.8) is 0 Å². The maximum atomic E-state index is 9.49. The Hall–Kier alpha value is -0.120. The Bertz CT molecular complexity index is 151. The van der Waals surface area contributed by atoms with E-state index < -0.39 is 5.60 Å². The summed E-state index contributed by atoms with van der Waals surface area (Å²) in [6.07, 6.45) is 2.14. The standard InChI is InChI=1S/C11H24O3/c1-5-11(4,6-8-12)14-9-7-10(2,3)13/h12-13H,5-9H2,1-4H3. The Morgan fingerprint density at radius 2 is 1.71 bits per heavy atom. The van der Waals surface area contributed by atoms with Gasteiger partial charge >= 0.3 is 0 Å². The summed E-state index contributed by atoms with van der Waals surface area (Å²) in [5.41, 5.74) is -0.923. The second-order valence-electron chi connectivity index (χ2n) is 4.69. The van der Waals surface area contributed by atoms with Crippen molar-refractivity contribution < 1.29 is 14.9 Å². The molecular formula is C11H24O3. The predicted molar refractivity (Wildman–Crippen MR) is 57.3 cm³/mol. The van der Waals surface area contributed by atoms with Crippen molar-refractivity contribution in [1.29, 1.82) is 0 Å². The first-order valence-electron chi connectivity index (χ1n) is 5.30. The first-order chi connectivity index (χ1) is 6.33. The Labute approximate surface area is 87.1 Å². The highest BCUT2D eigenvalue weighted by atomic mass is 16.5. The molecule has 0 heterocycles. The van der Waals surface area contributed by atoms with E-state index in [1.807, 2.05) is 13.8 Å². The molecule has 3 heteroatoms. The summed E-state index contributed by atoms with van der Waals surface area (Å²) >= 11 is 0. The molecule has 0 saturated carbocycles. The van der Waals surface area contributed by atoms with Crippen molar-refractivity contribution >= 4 is 0 Å². The van der Waals surface area contributed by atoms with E-state index in [9.17, 15) is 5.11 Å². The van der Waals surface area contributed by atoms with Crippen LogP contribution in [0.2, 0.25) is 0 Å². The van der Waals surface area contributed by atoms with E-state index >= 15 is 0 Å². The number of ether oxygens (including phenoxy) is 1. The van der Waals surface area contributed by atoms with E-state index in [2.05, 4.69) is 0 Å². The zero-order chi connectivity index (χ0) is 11.2. The topological polar surface area (TPSA) is 49.7 Å². The summed E-state index contributed by atoms with van der Waals surface area (Å²) in [4.78, 5) is 0. The Morgan fingerprint density at radius 3 is 2.07 bits per heavy atom. The second kappa shape index (κ2) is 5.69. The van der Waals surface area contributed by atoms with Gasteiger partial charge in [-0.05, 0) is 40.0 Å². The summed E-state index contributed by atoms with van der Waals surface area (Å²) in [5.74, 6) is 0. The van der Waals surface area contributed by atoms with Gasteiger partial charge in [0.05, 0.1) is 17.8 Å². The highest BCUT2D eigenvalue weighted by molar-refractivity contribution is 4.74. The fourth-order valence-corrected chi connectivity index (χ4v) is 1.13. The number of hydrogen-bond acceptors (Lipinski definition) is 3. The number of rotatable bonds is 7. The lowest BCUT2D eigenvalue weighted by Gasteiger charge is -2.29. The van der Waals surface area contributed by atoms with Crippen LogP contribution >= 0.6 is 0 Å². The maximum Gasteiger partial charge on any atom is 0.0673 e. The molecule has 1 atom stereocenters. The minimum absolute atomic E-state index is 0.146. The van der Waals surface area contributed by atoms with Crippen LogP contribution in [0, 0.1) is 0 Å². The van der Waals surface area contributed by atoms with Crippen LogP contribution in [-0.2, 0) is 4.74 Å². The molecular weight excluding hydrogens is 180 g/mol. The van der Waals surface area contributed by atoms with Crippen molar-refractivity contribution in [3.05, 3.63) is 0 Å². The van der Waals surface area contributed by atoms with Gasteiger partial charge < -0.3 is 14.9 Å². The van der Waals surface area contributed by atoms with Crippen LogP contribution in [0.4, 0.5) is 0 Å².